The van der Waals surface area contributed by atoms with Gasteiger partial charge in [-0.3, -0.25) is 0 Å². The van der Waals surface area contributed by atoms with Crippen LogP contribution in [0.5, 0.6) is 0 Å². The third-order valence-corrected chi connectivity index (χ3v) is 10.8. The molecule has 11 rings (SSSR count). The van der Waals surface area contributed by atoms with Crippen LogP contribution in [0.4, 0.5) is 0 Å². The molecule has 0 spiro atoms. The lowest BCUT2D eigenvalue weighted by Gasteiger charge is -2.18. The standard InChI is InChI=1S/C53H33N3/c1-4-15-34(16-5-1)39-27-30-45-48(33-39)49(35-17-6-2-7-18-35)43-23-12-13-24-44(43)50(45)53-55-51(36-19-8-3-9-20-36)54-52(56-53)46-26-14-25-41-42(46)29-28-40-31-37-21-10-11-22-38(37)32-47(40)41/h1-33H/i2D,6D,7D,17D,18D. The van der Waals surface area contributed by atoms with Crippen molar-refractivity contribution in [3.8, 4) is 56.4 Å². The molecule has 0 aliphatic rings. The van der Waals surface area contributed by atoms with Crippen LogP contribution in [0, 0.1) is 0 Å². The van der Waals surface area contributed by atoms with E-state index in [1.54, 1.807) is 0 Å². The van der Waals surface area contributed by atoms with Gasteiger partial charge in [0.1, 0.15) is 0 Å². The second kappa shape index (κ2) is 13.1. The molecule has 0 N–H and O–H groups in total. The quantitative estimate of drug-likeness (QED) is 0.131. The molecule has 56 heavy (non-hydrogen) atoms. The van der Waals surface area contributed by atoms with Crippen molar-refractivity contribution < 1.29 is 6.85 Å². The van der Waals surface area contributed by atoms with E-state index in [1.165, 1.54) is 10.8 Å². The van der Waals surface area contributed by atoms with Gasteiger partial charge in [0.15, 0.2) is 17.5 Å². The van der Waals surface area contributed by atoms with E-state index in [9.17, 15) is 0 Å². The third-order valence-electron chi connectivity index (χ3n) is 10.8. The van der Waals surface area contributed by atoms with Crippen LogP contribution in [0.2, 0.25) is 0 Å². The van der Waals surface area contributed by atoms with Gasteiger partial charge in [-0.15, -0.1) is 0 Å². The fraction of sp³-hybridized carbons (Fsp3) is 0. The van der Waals surface area contributed by atoms with E-state index in [1.807, 2.05) is 91.0 Å². The average Bonchev–Trinajstić information content (AvgIpc) is 3.32. The number of fused-ring (bicyclic) bond motifs is 6. The molecular formula is C53H33N3. The Morgan fingerprint density at radius 1 is 0.304 bits per heavy atom. The summed E-state index contributed by atoms with van der Waals surface area (Å²) < 4.78 is 44.1. The summed E-state index contributed by atoms with van der Waals surface area (Å²) in [5.41, 5.74) is 5.04. The number of benzene rings is 10. The Morgan fingerprint density at radius 2 is 0.911 bits per heavy atom. The first-order chi connectivity index (χ1) is 29.8. The number of rotatable bonds is 5. The summed E-state index contributed by atoms with van der Waals surface area (Å²) in [5.74, 6) is 1.48. The van der Waals surface area contributed by atoms with Gasteiger partial charge in [0, 0.05) is 16.7 Å². The van der Waals surface area contributed by atoms with Crippen LogP contribution in [-0.4, -0.2) is 15.0 Å². The van der Waals surface area contributed by atoms with Crippen LogP contribution in [0.25, 0.3) is 110 Å². The largest absolute Gasteiger partial charge is 0.208 e. The molecule has 11 aromatic rings. The monoisotopic (exact) mass is 716 g/mol. The van der Waals surface area contributed by atoms with Crippen LogP contribution in [0.3, 0.4) is 0 Å². The molecule has 0 aliphatic carbocycles. The van der Waals surface area contributed by atoms with Crippen molar-refractivity contribution in [1.82, 2.24) is 15.0 Å². The fourth-order valence-electron chi connectivity index (χ4n) is 8.18. The zero-order valence-electron chi connectivity index (χ0n) is 35.0. The Labute approximate surface area is 331 Å². The first kappa shape index (κ1) is 27.1. The van der Waals surface area contributed by atoms with Crippen molar-refractivity contribution in [3.63, 3.8) is 0 Å². The number of aromatic nitrogens is 3. The Kier molecular flexibility index (Phi) is 6.36. The lowest BCUT2D eigenvalue weighted by Crippen LogP contribution is -2.02. The molecule has 0 unspecified atom stereocenters. The molecule has 3 nitrogen and oxygen atoms in total. The first-order valence-electron chi connectivity index (χ1n) is 21.1. The highest BCUT2D eigenvalue weighted by Gasteiger charge is 2.22. The zero-order chi connectivity index (χ0) is 41.4. The molecule has 10 aromatic carbocycles. The highest BCUT2D eigenvalue weighted by molar-refractivity contribution is 6.21. The maximum Gasteiger partial charge on any atom is 0.165 e. The van der Waals surface area contributed by atoms with Crippen molar-refractivity contribution in [2.24, 2.45) is 0 Å². The lowest BCUT2D eigenvalue weighted by atomic mass is 9.86. The Balaban J connectivity index is 1.25. The highest BCUT2D eigenvalue weighted by Crippen LogP contribution is 2.45. The van der Waals surface area contributed by atoms with Gasteiger partial charge in [-0.05, 0) is 94.3 Å². The molecule has 0 saturated carbocycles. The van der Waals surface area contributed by atoms with E-state index in [4.69, 9.17) is 21.8 Å². The van der Waals surface area contributed by atoms with Crippen molar-refractivity contribution in [2.75, 3.05) is 0 Å². The highest BCUT2D eigenvalue weighted by atomic mass is 15.0. The molecule has 3 heteroatoms. The third kappa shape index (κ3) is 5.32. The van der Waals surface area contributed by atoms with Crippen LogP contribution >= 0.6 is 0 Å². The molecule has 1 aromatic heterocycles. The lowest BCUT2D eigenvalue weighted by molar-refractivity contribution is 1.08. The minimum absolute atomic E-state index is 0.140. The van der Waals surface area contributed by atoms with E-state index < -0.39 is 6.04 Å². The predicted molar refractivity (Wildman–Crippen MR) is 235 cm³/mol. The molecule has 0 amide bonds. The second-order valence-corrected chi connectivity index (χ2v) is 14.0. The van der Waals surface area contributed by atoms with Crippen LogP contribution < -0.4 is 0 Å². The Bertz CT molecular complexity index is 3560. The summed E-state index contributed by atoms with van der Waals surface area (Å²) in [6.07, 6.45) is 0. The topological polar surface area (TPSA) is 38.7 Å². The molecule has 0 radical (unpaired) electrons. The van der Waals surface area contributed by atoms with Crippen LogP contribution in [0.1, 0.15) is 6.85 Å². The van der Waals surface area contributed by atoms with Gasteiger partial charge in [-0.2, -0.15) is 0 Å². The number of hydrogen-bond donors (Lipinski definition) is 0. The van der Waals surface area contributed by atoms with Crippen molar-refractivity contribution in [2.45, 2.75) is 0 Å². The van der Waals surface area contributed by atoms with Gasteiger partial charge in [-0.1, -0.05) is 182 Å². The first-order valence-corrected chi connectivity index (χ1v) is 18.6. The van der Waals surface area contributed by atoms with Crippen LogP contribution in [-0.2, 0) is 0 Å². The zero-order valence-corrected chi connectivity index (χ0v) is 30.0. The summed E-state index contributed by atoms with van der Waals surface area (Å²) in [6.45, 7) is 0. The van der Waals surface area contributed by atoms with E-state index in [-0.39, 0.29) is 29.7 Å². The van der Waals surface area contributed by atoms with E-state index >= 15 is 0 Å². The molecule has 0 aliphatic heterocycles. The Morgan fingerprint density at radius 3 is 1.70 bits per heavy atom. The Hall–Kier alpha value is -7.49. The van der Waals surface area contributed by atoms with Crippen molar-refractivity contribution >= 4 is 53.9 Å². The summed E-state index contributed by atoms with van der Waals surface area (Å²) in [4.78, 5) is 15.8. The summed E-state index contributed by atoms with van der Waals surface area (Å²) >= 11 is 0. The van der Waals surface area contributed by atoms with Crippen molar-refractivity contribution in [1.29, 1.82) is 0 Å². The fourth-order valence-corrected chi connectivity index (χ4v) is 8.18. The summed E-state index contributed by atoms with van der Waals surface area (Å²) in [6, 6.07) is 55.6. The molecular weight excluding hydrogens is 679 g/mol. The van der Waals surface area contributed by atoms with Gasteiger partial charge in [0.05, 0.1) is 6.85 Å². The average molecular weight is 717 g/mol. The van der Waals surface area contributed by atoms with Crippen LogP contribution in [0.15, 0.2) is 200 Å². The van der Waals surface area contributed by atoms with E-state index in [2.05, 4.69) is 78.9 Å². The van der Waals surface area contributed by atoms with Gasteiger partial charge in [0.25, 0.3) is 0 Å². The number of hydrogen-bond acceptors (Lipinski definition) is 3. The van der Waals surface area contributed by atoms with Gasteiger partial charge in [-0.25, -0.2) is 15.0 Å². The van der Waals surface area contributed by atoms with Gasteiger partial charge in [0.2, 0.25) is 0 Å². The van der Waals surface area contributed by atoms with E-state index in [0.29, 0.717) is 33.8 Å². The second-order valence-electron chi connectivity index (χ2n) is 14.0. The maximum atomic E-state index is 9.16. The maximum absolute atomic E-state index is 9.16. The predicted octanol–water partition coefficient (Wildman–Crippen LogP) is 14.0. The van der Waals surface area contributed by atoms with Gasteiger partial charge < -0.3 is 0 Å². The van der Waals surface area contributed by atoms with Crippen molar-refractivity contribution in [3.05, 3.63) is 200 Å². The molecule has 0 fully saturated rings. The summed E-state index contributed by atoms with van der Waals surface area (Å²) in [7, 11) is 0. The molecule has 0 atom stereocenters. The van der Waals surface area contributed by atoms with Gasteiger partial charge >= 0.3 is 0 Å². The smallest absolute Gasteiger partial charge is 0.165 e. The number of nitrogens with zero attached hydrogens (tertiary/aromatic N) is 3. The molecule has 0 bridgehead atoms. The minimum Gasteiger partial charge on any atom is -0.208 e. The minimum atomic E-state index is -0.435. The SMILES string of the molecule is [2H]c1c([2H])c([2H])c(-c2c3ccccc3c(-c3nc(-c4ccccc4)nc(-c4cccc5c4ccc4cc6ccccc6cc45)n3)c3ccc(-c4ccccc4)cc23)c([2H])c1[2H]. The normalized spacial score (nSPS) is 12.8. The summed E-state index contributed by atoms with van der Waals surface area (Å²) in [5, 5.41) is 9.72. The molecule has 260 valence electrons. The molecule has 1 heterocycles. The van der Waals surface area contributed by atoms with E-state index in [0.717, 1.165) is 60.1 Å². The molecule has 0 saturated heterocycles.